The van der Waals surface area contributed by atoms with Crippen molar-refractivity contribution >= 4 is 50.7 Å². The summed E-state index contributed by atoms with van der Waals surface area (Å²) in [5, 5.41) is 1.09. The molecule has 0 unspecified atom stereocenters. The number of carbonyl (C=O) groups excluding carboxylic acids is 1. The predicted molar refractivity (Wildman–Crippen MR) is 74.6 cm³/mol. The van der Waals surface area contributed by atoms with Gasteiger partial charge in [-0.25, -0.2) is 4.98 Å². The number of rotatable bonds is 2. The second-order valence-electron chi connectivity index (χ2n) is 3.81. The van der Waals surface area contributed by atoms with Gasteiger partial charge in [0.25, 0.3) is 5.91 Å². The number of methoxy groups -OCH3 is 1. The lowest BCUT2D eigenvalue weighted by Gasteiger charge is -2.10. The summed E-state index contributed by atoms with van der Waals surface area (Å²) in [5.41, 5.74) is -1.43. The topological polar surface area (TPSA) is 51.2 Å². The van der Waals surface area contributed by atoms with Gasteiger partial charge in [0.15, 0.2) is 5.06 Å². The molecule has 0 saturated heterocycles. The lowest BCUT2D eigenvalue weighted by Crippen LogP contribution is -2.18. The number of halogens is 5. The number of ether oxygens (including phenoxy) is 1. The van der Waals surface area contributed by atoms with Crippen LogP contribution in [0, 0.1) is 0 Å². The minimum Gasteiger partial charge on any atom is -0.487 e. The van der Waals surface area contributed by atoms with Gasteiger partial charge in [-0.05, 0) is 0 Å². The van der Waals surface area contributed by atoms with Crippen LogP contribution in [0.2, 0.25) is 10.2 Å². The molecule has 0 aliphatic heterocycles. The fourth-order valence-corrected chi connectivity index (χ4v) is 3.35. The lowest BCUT2D eigenvalue weighted by molar-refractivity contribution is -0.136. The van der Waals surface area contributed by atoms with Crippen LogP contribution in [-0.2, 0) is 6.18 Å². The van der Waals surface area contributed by atoms with Crippen LogP contribution in [0.1, 0.15) is 15.9 Å². The van der Waals surface area contributed by atoms with Crippen molar-refractivity contribution < 1.29 is 22.7 Å². The van der Waals surface area contributed by atoms with E-state index in [1.54, 1.807) is 0 Å². The van der Waals surface area contributed by atoms with Crippen molar-refractivity contribution in [2.75, 3.05) is 14.2 Å². The van der Waals surface area contributed by atoms with Gasteiger partial charge in [0.1, 0.15) is 16.2 Å². The van der Waals surface area contributed by atoms with Gasteiger partial charge in [-0.1, -0.05) is 34.5 Å². The Hall–Kier alpha value is -1.25. The van der Waals surface area contributed by atoms with E-state index in [2.05, 4.69) is 10.3 Å². The predicted octanol–water partition coefficient (Wildman–Crippen LogP) is 3.99. The smallest absolute Gasteiger partial charge is 0.419 e. The van der Waals surface area contributed by atoms with E-state index in [4.69, 9.17) is 27.9 Å². The number of aromatic nitrogens is 1. The molecule has 0 aliphatic rings. The fraction of sp³-hybridized carbons (Fsp3) is 0.273. The normalized spacial score (nSPS) is 11.8. The standard InChI is InChI=1S/C11H7Cl2F3N2O2S/c1-17-9(19)3-6-7(21-10(3)20-2)4(11(14,15)16)5(12)8(13)18-6/h1-2H3,(H,17,19). The van der Waals surface area contributed by atoms with Crippen molar-refractivity contribution in [1.82, 2.24) is 10.3 Å². The van der Waals surface area contributed by atoms with E-state index in [-0.39, 0.29) is 20.8 Å². The number of amides is 1. The molecule has 10 heteroatoms. The van der Waals surface area contributed by atoms with Crippen LogP contribution in [0.3, 0.4) is 0 Å². The molecule has 1 amide bonds. The number of fused-ring (bicyclic) bond motifs is 1. The first-order valence-electron chi connectivity index (χ1n) is 5.37. The molecule has 0 atom stereocenters. The van der Waals surface area contributed by atoms with E-state index in [0.29, 0.717) is 11.3 Å². The summed E-state index contributed by atoms with van der Waals surface area (Å²) in [4.78, 5) is 15.6. The van der Waals surface area contributed by atoms with E-state index in [1.807, 2.05) is 0 Å². The maximum atomic E-state index is 13.2. The maximum absolute atomic E-state index is 13.2. The molecule has 0 fully saturated rings. The average molecular weight is 359 g/mol. The molecule has 21 heavy (non-hydrogen) atoms. The number of alkyl halides is 3. The van der Waals surface area contributed by atoms with E-state index >= 15 is 0 Å². The first kappa shape index (κ1) is 16.1. The van der Waals surface area contributed by atoms with Gasteiger partial charge in [-0.2, -0.15) is 13.2 Å². The highest BCUT2D eigenvalue weighted by Crippen LogP contribution is 2.48. The van der Waals surface area contributed by atoms with Crippen LogP contribution < -0.4 is 10.1 Å². The molecule has 1 N–H and O–H groups in total. The largest absolute Gasteiger partial charge is 0.487 e. The van der Waals surface area contributed by atoms with Crippen molar-refractivity contribution in [3.05, 3.63) is 21.3 Å². The molecular weight excluding hydrogens is 352 g/mol. The summed E-state index contributed by atoms with van der Waals surface area (Å²) in [5.74, 6) is -0.628. The third kappa shape index (κ3) is 2.63. The molecule has 0 aliphatic carbocycles. The van der Waals surface area contributed by atoms with Gasteiger partial charge < -0.3 is 10.1 Å². The summed E-state index contributed by atoms with van der Waals surface area (Å²) >= 11 is 11.9. The quantitative estimate of drug-likeness (QED) is 0.825. The van der Waals surface area contributed by atoms with Gasteiger partial charge in [-0.3, -0.25) is 4.79 Å². The zero-order chi connectivity index (χ0) is 15.9. The highest BCUT2D eigenvalue weighted by Gasteiger charge is 2.39. The minimum absolute atomic E-state index is 0.000633. The van der Waals surface area contributed by atoms with Crippen molar-refractivity contribution in [2.45, 2.75) is 6.18 Å². The van der Waals surface area contributed by atoms with Crippen molar-refractivity contribution in [1.29, 1.82) is 0 Å². The molecule has 4 nitrogen and oxygen atoms in total. The zero-order valence-electron chi connectivity index (χ0n) is 10.6. The Balaban J connectivity index is 2.96. The monoisotopic (exact) mass is 358 g/mol. The lowest BCUT2D eigenvalue weighted by atomic mass is 10.2. The Bertz CT molecular complexity index is 731. The van der Waals surface area contributed by atoms with E-state index in [1.165, 1.54) is 14.2 Å². The first-order chi connectivity index (χ1) is 9.72. The number of thiophene rings is 1. The van der Waals surface area contributed by atoms with Gasteiger partial charge >= 0.3 is 6.18 Å². The highest BCUT2D eigenvalue weighted by atomic mass is 35.5. The Morgan fingerprint density at radius 1 is 1.38 bits per heavy atom. The van der Waals surface area contributed by atoms with Crippen LogP contribution in [0.4, 0.5) is 13.2 Å². The molecule has 2 aromatic rings. The van der Waals surface area contributed by atoms with Crippen LogP contribution in [0.5, 0.6) is 5.06 Å². The fourth-order valence-electron chi connectivity index (χ4n) is 1.75. The molecule has 114 valence electrons. The van der Waals surface area contributed by atoms with Gasteiger partial charge in [0.05, 0.1) is 22.4 Å². The molecule has 0 spiro atoms. The third-order valence-corrected chi connectivity index (χ3v) is 4.51. The van der Waals surface area contributed by atoms with Crippen LogP contribution in [-0.4, -0.2) is 25.0 Å². The molecule has 2 rings (SSSR count). The Kier molecular flexibility index (Phi) is 4.23. The molecular formula is C11H7Cl2F3N2O2S. The number of hydrogen-bond acceptors (Lipinski definition) is 4. The molecule has 2 heterocycles. The first-order valence-corrected chi connectivity index (χ1v) is 6.94. The third-order valence-electron chi connectivity index (χ3n) is 2.61. The van der Waals surface area contributed by atoms with Crippen LogP contribution >= 0.6 is 34.5 Å². The molecule has 2 aromatic heterocycles. The van der Waals surface area contributed by atoms with E-state index < -0.39 is 27.8 Å². The van der Waals surface area contributed by atoms with Gasteiger partial charge in [-0.15, -0.1) is 0 Å². The molecule has 0 saturated carbocycles. The van der Waals surface area contributed by atoms with Crippen molar-refractivity contribution in [3.8, 4) is 5.06 Å². The average Bonchev–Trinajstić information content (AvgIpc) is 2.75. The number of pyridine rings is 1. The summed E-state index contributed by atoms with van der Waals surface area (Å²) in [6.07, 6.45) is -4.74. The molecule has 0 radical (unpaired) electrons. The van der Waals surface area contributed by atoms with E-state index in [0.717, 1.165) is 0 Å². The van der Waals surface area contributed by atoms with Crippen molar-refractivity contribution in [2.24, 2.45) is 0 Å². The molecule has 0 aromatic carbocycles. The summed E-state index contributed by atoms with van der Waals surface area (Å²) in [6.45, 7) is 0. The minimum atomic E-state index is -4.74. The van der Waals surface area contributed by atoms with E-state index in [9.17, 15) is 18.0 Å². The second kappa shape index (κ2) is 5.51. The van der Waals surface area contributed by atoms with Gasteiger partial charge in [0.2, 0.25) is 0 Å². The zero-order valence-corrected chi connectivity index (χ0v) is 12.9. The highest BCUT2D eigenvalue weighted by molar-refractivity contribution is 7.21. The second-order valence-corrected chi connectivity index (χ2v) is 5.53. The van der Waals surface area contributed by atoms with Crippen LogP contribution in [0.25, 0.3) is 10.2 Å². The van der Waals surface area contributed by atoms with Crippen molar-refractivity contribution in [3.63, 3.8) is 0 Å². The number of carbonyl (C=O) groups is 1. The number of nitrogens with one attached hydrogen (secondary N) is 1. The summed E-state index contributed by atoms with van der Waals surface area (Å²) in [6, 6.07) is 0. The Morgan fingerprint density at radius 3 is 2.48 bits per heavy atom. The summed E-state index contributed by atoms with van der Waals surface area (Å²) < 4.78 is 44.2. The van der Waals surface area contributed by atoms with Crippen LogP contribution in [0.15, 0.2) is 0 Å². The molecule has 0 bridgehead atoms. The Labute approximate surface area is 130 Å². The Morgan fingerprint density at radius 2 is 2.00 bits per heavy atom. The van der Waals surface area contributed by atoms with Gasteiger partial charge in [0, 0.05) is 7.05 Å². The number of hydrogen-bond donors (Lipinski definition) is 1. The SMILES string of the molecule is CNC(=O)c1c(OC)sc2c(C(F)(F)F)c(Cl)c(Cl)nc12. The maximum Gasteiger partial charge on any atom is 0.419 e. The summed E-state index contributed by atoms with van der Waals surface area (Å²) in [7, 11) is 2.58. The number of nitrogens with zero attached hydrogens (tertiary/aromatic N) is 1.